The van der Waals surface area contributed by atoms with Gasteiger partial charge in [0.1, 0.15) is 11.7 Å². The van der Waals surface area contributed by atoms with Gasteiger partial charge in [0, 0.05) is 16.1 Å². The molecule has 25 heavy (non-hydrogen) atoms. The first kappa shape index (κ1) is 17.4. The van der Waals surface area contributed by atoms with Gasteiger partial charge in [0.25, 0.3) is 5.91 Å². The topological polar surface area (TPSA) is 78.9 Å². The number of rotatable bonds is 4. The number of thioether (sulfide) groups is 1. The lowest BCUT2D eigenvalue weighted by molar-refractivity contribution is 0.102. The molecule has 0 unspecified atom stereocenters. The minimum Gasteiger partial charge on any atom is -0.444 e. The molecule has 3 aromatic rings. The molecule has 1 heterocycles. The minimum atomic E-state index is -0.407. The third-order valence-electron chi connectivity index (χ3n) is 3.18. The van der Waals surface area contributed by atoms with Gasteiger partial charge in [-0.25, -0.2) is 4.98 Å². The predicted molar refractivity (Wildman–Crippen MR) is 97.8 cm³/mol. The van der Waals surface area contributed by atoms with Gasteiger partial charge in [-0.2, -0.15) is 5.26 Å². The van der Waals surface area contributed by atoms with Crippen molar-refractivity contribution in [2.24, 2.45) is 0 Å². The Morgan fingerprint density at radius 3 is 2.60 bits per heavy atom. The van der Waals surface area contributed by atoms with Crippen molar-refractivity contribution in [2.75, 3.05) is 5.32 Å². The molecule has 0 bridgehead atoms. The first-order chi connectivity index (χ1) is 12.1. The number of nitrogens with zero attached hydrogens (tertiary/aromatic N) is 2. The van der Waals surface area contributed by atoms with Gasteiger partial charge < -0.3 is 9.73 Å². The average molecular weight is 390 g/mol. The fraction of sp³-hybridized carbons (Fsp3) is 0. The summed E-state index contributed by atoms with van der Waals surface area (Å²) in [4.78, 5) is 17.2. The molecule has 0 saturated heterocycles. The Labute approximate surface area is 157 Å². The van der Waals surface area contributed by atoms with Crippen molar-refractivity contribution in [2.45, 2.75) is 4.90 Å². The highest BCUT2D eigenvalue weighted by Gasteiger charge is 2.14. The van der Waals surface area contributed by atoms with E-state index in [1.165, 1.54) is 6.26 Å². The van der Waals surface area contributed by atoms with Crippen LogP contribution < -0.4 is 5.32 Å². The Kier molecular flexibility index (Phi) is 5.29. The van der Waals surface area contributed by atoms with E-state index in [4.69, 9.17) is 32.9 Å². The molecule has 0 saturated carbocycles. The number of nitriles is 1. The van der Waals surface area contributed by atoms with Gasteiger partial charge in [0.15, 0.2) is 5.69 Å². The molecule has 0 fully saturated rings. The molecule has 0 aliphatic carbocycles. The van der Waals surface area contributed by atoms with Crippen LogP contribution in [-0.4, -0.2) is 10.9 Å². The number of amides is 1. The van der Waals surface area contributed by atoms with E-state index in [1.807, 2.05) is 5.40 Å². The van der Waals surface area contributed by atoms with Gasteiger partial charge in [-0.05, 0) is 54.2 Å². The number of hydrogen-bond donors (Lipinski definition) is 1. The van der Waals surface area contributed by atoms with Crippen LogP contribution in [0.5, 0.6) is 0 Å². The molecule has 124 valence electrons. The minimum absolute atomic E-state index is 0.136. The number of hydrogen-bond acceptors (Lipinski definition) is 5. The van der Waals surface area contributed by atoms with Crippen LogP contribution in [0.15, 0.2) is 58.0 Å². The standard InChI is InChI=1S/C17H9Cl2N3O2S/c18-13-6-1-10(7-14(13)19)17-22-15(8-24-17)16(23)21-11-2-4-12(5-3-11)25-9-20/h1-8H,(H,21,23). The van der Waals surface area contributed by atoms with E-state index in [0.29, 0.717) is 21.3 Å². The summed E-state index contributed by atoms with van der Waals surface area (Å²) in [5, 5.41) is 14.1. The number of benzene rings is 2. The Morgan fingerprint density at radius 2 is 1.92 bits per heavy atom. The molecule has 0 aliphatic heterocycles. The third kappa shape index (κ3) is 4.15. The highest BCUT2D eigenvalue weighted by molar-refractivity contribution is 8.03. The summed E-state index contributed by atoms with van der Waals surface area (Å²) in [7, 11) is 0. The number of halogens is 2. The zero-order valence-electron chi connectivity index (χ0n) is 12.5. The van der Waals surface area contributed by atoms with Crippen molar-refractivity contribution >= 4 is 46.6 Å². The van der Waals surface area contributed by atoms with Crippen LogP contribution in [0.25, 0.3) is 11.5 Å². The van der Waals surface area contributed by atoms with Crippen LogP contribution >= 0.6 is 35.0 Å². The number of thiocyanates is 1. The summed E-state index contributed by atoms with van der Waals surface area (Å²) >= 11 is 12.9. The highest BCUT2D eigenvalue weighted by atomic mass is 35.5. The van der Waals surface area contributed by atoms with Gasteiger partial charge in [-0.3, -0.25) is 4.79 Å². The van der Waals surface area contributed by atoms with E-state index in [1.54, 1.807) is 42.5 Å². The van der Waals surface area contributed by atoms with E-state index >= 15 is 0 Å². The van der Waals surface area contributed by atoms with Crippen LogP contribution in [0.2, 0.25) is 10.0 Å². The second-order valence-electron chi connectivity index (χ2n) is 4.84. The normalized spacial score (nSPS) is 10.3. The monoisotopic (exact) mass is 389 g/mol. The first-order valence-corrected chi connectivity index (χ1v) is 8.52. The SMILES string of the molecule is N#CSc1ccc(NC(=O)c2coc(-c3ccc(Cl)c(Cl)c3)n2)cc1. The maximum atomic E-state index is 12.3. The lowest BCUT2D eigenvalue weighted by atomic mass is 10.2. The zero-order valence-corrected chi connectivity index (χ0v) is 14.8. The average Bonchev–Trinajstić information content (AvgIpc) is 3.09. The molecule has 8 heteroatoms. The molecule has 5 nitrogen and oxygen atoms in total. The quantitative estimate of drug-likeness (QED) is 0.472. The lowest BCUT2D eigenvalue weighted by Crippen LogP contribution is -2.12. The van der Waals surface area contributed by atoms with Crippen molar-refractivity contribution < 1.29 is 9.21 Å². The van der Waals surface area contributed by atoms with Crippen LogP contribution in [0.4, 0.5) is 5.69 Å². The number of anilines is 1. The maximum absolute atomic E-state index is 12.3. The predicted octanol–water partition coefficient (Wildman–Crippen LogP) is 5.47. The smallest absolute Gasteiger partial charge is 0.277 e. The largest absolute Gasteiger partial charge is 0.444 e. The Balaban J connectivity index is 1.74. The van der Waals surface area contributed by atoms with Crippen molar-refractivity contribution in [3.05, 3.63) is 64.5 Å². The summed E-state index contributed by atoms with van der Waals surface area (Å²) < 4.78 is 5.34. The third-order valence-corrected chi connectivity index (χ3v) is 4.52. The van der Waals surface area contributed by atoms with Crippen molar-refractivity contribution in [1.29, 1.82) is 5.26 Å². The molecule has 1 amide bonds. The first-order valence-electron chi connectivity index (χ1n) is 6.95. The fourth-order valence-electron chi connectivity index (χ4n) is 1.99. The van der Waals surface area contributed by atoms with Crippen LogP contribution in [0.1, 0.15) is 10.5 Å². The van der Waals surface area contributed by atoms with E-state index in [9.17, 15) is 4.79 Å². The van der Waals surface area contributed by atoms with E-state index in [0.717, 1.165) is 16.7 Å². The van der Waals surface area contributed by atoms with E-state index in [2.05, 4.69) is 10.3 Å². The maximum Gasteiger partial charge on any atom is 0.277 e. The summed E-state index contributed by atoms with van der Waals surface area (Å²) in [5.74, 6) is -0.139. The molecule has 1 aromatic heterocycles. The summed E-state index contributed by atoms with van der Waals surface area (Å²) in [6.45, 7) is 0. The number of carbonyl (C=O) groups excluding carboxylic acids is 1. The summed E-state index contributed by atoms with van der Waals surface area (Å²) in [6, 6.07) is 11.8. The number of aromatic nitrogens is 1. The number of nitrogens with one attached hydrogen (secondary N) is 1. The molecule has 3 rings (SSSR count). The second kappa shape index (κ2) is 7.62. The Morgan fingerprint density at radius 1 is 1.16 bits per heavy atom. The van der Waals surface area contributed by atoms with Crippen LogP contribution in [0, 0.1) is 10.7 Å². The van der Waals surface area contributed by atoms with Crippen LogP contribution in [0.3, 0.4) is 0 Å². The van der Waals surface area contributed by atoms with Crippen molar-refractivity contribution in [3.63, 3.8) is 0 Å². The van der Waals surface area contributed by atoms with Gasteiger partial charge >= 0.3 is 0 Å². The Hall–Kier alpha value is -2.46. The highest BCUT2D eigenvalue weighted by Crippen LogP contribution is 2.28. The van der Waals surface area contributed by atoms with Gasteiger partial charge in [-0.1, -0.05) is 23.2 Å². The second-order valence-corrected chi connectivity index (χ2v) is 6.51. The van der Waals surface area contributed by atoms with Crippen molar-refractivity contribution in [1.82, 2.24) is 4.98 Å². The molecular formula is C17H9Cl2N3O2S. The van der Waals surface area contributed by atoms with E-state index in [-0.39, 0.29) is 11.6 Å². The van der Waals surface area contributed by atoms with Crippen LogP contribution in [-0.2, 0) is 0 Å². The molecule has 0 aliphatic rings. The molecule has 1 N–H and O–H groups in total. The van der Waals surface area contributed by atoms with Crippen molar-refractivity contribution in [3.8, 4) is 16.9 Å². The lowest BCUT2D eigenvalue weighted by Gasteiger charge is -2.03. The summed E-state index contributed by atoms with van der Waals surface area (Å²) in [6.07, 6.45) is 1.27. The van der Waals surface area contributed by atoms with Gasteiger partial charge in [0.05, 0.1) is 10.0 Å². The van der Waals surface area contributed by atoms with E-state index < -0.39 is 5.91 Å². The molecule has 0 atom stereocenters. The number of oxazole rings is 1. The molecule has 0 radical (unpaired) electrons. The molecule has 0 spiro atoms. The number of carbonyl (C=O) groups is 1. The zero-order chi connectivity index (χ0) is 17.8. The Bertz CT molecular complexity index is 965. The van der Waals surface area contributed by atoms with Gasteiger partial charge in [0.2, 0.25) is 5.89 Å². The summed E-state index contributed by atoms with van der Waals surface area (Å²) in [5.41, 5.74) is 1.34. The molecule has 2 aromatic carbocycles. The molecular weight excluding hydrogens is 381 g/mol. The fourth-order valence-corrected chi connectivity index (χ4v) is 2.67. The van der Waals surface area contributed by atoms with Gasteiger partial charge in [-0.15, -0.1) is 0 Å².